The molecule has 0 saturated heterocycles. The first-order valence-corrected chi connectivity index (χ1v) is 12.4. The summed E-state index contributed by atoms with van der Waals surface area (Å²) < 4.78 is 25.4. The fourth-order valence-electron chi connectivity index (χ4n) is 2.43. The summed E-state index contributed by atoms with van der Waals surface area (Å²) in [4.78, 5) is 19.8. The van der Waals surface area contributed by atoms with Crippen LogP contribution in [0.3, 0.4) is 0 Å². The van der Waals surface area contributed by atoms with Gasteiger partial charge in [0.2, 0.25) is 11.9 Å². The van der Waals surface area contributed by atoms with Crippen molar-refractivity contribution in [2.45, 2.75) is 23.3 Å². The zero-order valence-corrected chi connectivity index (χ0v) is 19.7. The summed E-state index contributed by atoms with van der Waals surface area (Å²) in [6, 6.07) is 8.55. The summed E-state index contributed by atoms with van der Waals surface area (Å²) in [5, 5.41) is 10.0. The minimum absolute atomic E-state index is 0.126. The number of aromatic nitrogens is 2. The van der Waals surface area contributed by atoms with Gasteiger partial charge >= 0.3 is 0 Å². The first-order valence-electron chi connectivity index (χ1n) is 9.04. The highest BCUT2D eigenvalue weighted by molar-refractivity contribution is 7.94. The predicted molar refractivity (Wildman–Crippen MR) is 126 cm³/mol. The lowest BCUT2D eigenvalue weighted by Crippen LogP contribution is -2.14. The number of hydrogen-bond acceptors (Lipinski definition) is 8. The maximum atomic E-state index is 12.6. The average Bonchev–Trinajstić information content (AvgIpc) is 3.20. The molecule has 31 heavy (non-hydrogen) atoms. The van der Waals surface area contributed by atoms with Gasteiger partial charge in [0.05, 0.1) is 17.1 Å². The van der Waals surface area contributed by atoms with Crippen molar-refractivity contribution in [3.63, 3.8) is 0 Å². The molecular weight excluding hydrogens is 481 g/mol. The molecule has 2 aromatic heterocycles. The second-order valence-corrected chi connectivity index (χ2v) is 10.9. The van der Waals surface area contributed by atoms with E-state index in [1.54, 1.807) is 49.6 Å². The van der Waals surface area contributed by atoms with Crippen LogP contribution in [0.4, 0.5) is 28.8 Å². The van der Waals surface area contributed by atoms with Crippen LogP contribution in [0.25, 0.3) is 0 Å². The van der Waals surface area contributed by atoms with E-state index in [9.17, 15) is 13.2 Å². The lowest BCUT2D eigenvalue weighted by Gasteiger charge is -2.12. The van der Waals surface area contributed by atoms with Gasteiger partial charge in [-0.3, -0.25) is 4.79 Å². The molecule has 0 spiro atoms. The van der Waals surface area contributed by atoms with Crippen LogP contribution in [-0.4, -0.2) is 35.4 Å². The number of alkyl halides is 1. The van der Waals surface area contributed by atoms with E-state index in [1.165, 1.54) is 6.20 Å². The van der Waals surface area contributed by atoms with Crippen molar-refractivity contribution in [1.82, 2.24) is 9.97 Å². The van der Waals surface area contributed by atoms with Gasteiger partial charge in [0, 0.05) is 11.4 Å². The Kier molecular flexibility index (Phi) is 7.37. The Hall–Kier alpha value is -2.40. The van der Waals surface area contributed by atoms with Gasteiger partial charge in [-0.05, 0) is 49.6 Å². The van der Waals surface area contributed by atoms with Crippen molar-refractivity contribution in [3.8, 4) is 0 Å². The number of carbonyl (C=O) groups is 1. The molecule has 0 aliphatic heterocycles. The molecule has 1 aromatic carbocycles. The van der Waals surface area contributed by atoms with Gasteiger partial charge < -0.3 is 16.0 Å². The fourth-order valence-corrected chi connectivity index (χ4v) is 5.34. The number of benzene rings is 1. The smallest absolute Gasteiger partial charge is 0.239 e. The van der Waals surface area contributed by atoms with Crippen molar-refractivity contribution in [2.24, 2.45) is 0 Å². The summed E-state index contributed by atoms with van der Waals surface area (Å²) >= 11 is 12.8. The Morgan fingerprint density at radius 1 is 1.13 bits per heavy atom. The molecule has 0 aliphatic rings. The van der Waals surface area contributed by atoms with Crippen LogP contribution in [0.2, 0.25) is 5.02 Å². The molecule has 164 valence electrons. The number of nitrogens with one attached hydrogen (secondary N) is 3. The molecule has 0 saturated carbocycles. The molecule has 0 atom stereocenters. The Morgan fingerprint density at radius 3 is 2.45 bits per heavy atom. The van der Waals surface area contributed by atoms with Crippen molar-refractivity contribution in [2.75, 3.05) is 21.8 Å². The summed E-state index contributed by atoms with van der Waals surface area (Å²) in [5.41, 5.74) is 1.69. The molecule has 0 fully saturated rings. The van der Waals surface area contributed by atoms with Crippen LogP contribution >= 0.6 is 34.5 Å². The van der Waals surface area contributed by atoms with Gasteiger partial charge in [0.15, 0.2) is 15.7 Å². The number of anilines is 5. The molecule has 3 aromatic rings. The van der Waals surface area contributed by atoms with E-state index in [0.29, 0.717) is 17.1 Å². The number of halogens is 2. The SMILES string of the molecule is CC(C)S(=O)(=O)c1sccc1Nc1nc(Nc2ccc(NC(=O)CCl)cc2)ncc1Cl. The van der Waals surface area contributed by atoms with E-state index < -0.39 is 15.1 Å². The summed E-state index contributed by atoms with van der Waals surface area (Å²) in [6.45, 7) is 3.26. The third-order valence-corrected chi connectivity index (χ3v) is 8.24. The van der Waals surface area contributed by atoms with E-state index in [-0.39, 0.29) is 32.8 Å². The molecule has 12 heteroatoms. The molecule has 3 rings (SSSR count). The second kappa shape index (κ2) is 9.82. The number of sulfone groups is 1. The zero-order valence-electron chi connectivity index (χ0n) is 16.5. The highest BCUT2D eigenvalue weighted by Gasteiger charge is 2.25. The van der Waals surface area contributed by atoms with E-state index >= 15 is 0 Å². The number of thiophene rings is 1. The summed E-state index contributed by atoms with van der Waals surface area (Å²) in [7, 11) is -3.45. The van der Waals surface area contributed by atoms with Crippen molar-refractivity contribution < 1.29 is 13.2 Å². The van der Waals surface area contributed by atoms with Gasteiger partial charge in [-0.2, -0.15) is 4.98 Å². The molecular formula is C19H19Cl2N5O3S2. The van der Waals surface area contributed by atoms with Crippen LogP contribution in [0.1, 0.15) is 13.8 Å². The monoisotopic (exact) mass is 499 g/mol. The maximum Gasteiger partial charge on any atom is 0.239 e. The first kappa shape index (κ1) is 23.3. The lowest BCUT2D eigenvalue weighted by atomic mass is 10.3. The quantitative estimate of drug-likeness (QED) is 0.372. The van der Waals surface area contributed by atoms with E-state index in [4.69, 9.17) is 23.2 Å². The van der Waals surface area contributed by atoms with Gasteiger partial charge in [-0.1, -0.05) is 11.6 Å². The first-order chi connectivity index (χ1) is 14.7. The number of amides is 1. The largest absolute Gasteiger partial charge is 0.337 e. The van der Waals surface area contributed by atoms with Crippen LogP contribution < -0.4 is 16.0 Å². The van der Waals surface area contributed by atoms with E-state index in [0.717, 1.165) is 11.3 Å². The molecule has 8 nitrogen and oxygen atoms in total. The van der Waals surface area contributed by atoms with Crippen LogP contribution in [-0.2, 0) is 14.6 Å². The topological polar surface area (TPSA) is 113 Å². The Morgan fingerprint density at radius 2 is 1.81 bits per heavy atom. The summed E-state index contributed by atoms with van der Waals surface area (Å²) in [6.07, 6.45) is 1.41. The van der Waals surface area contributed by atoms with E-state index in [2.05, 4.69) is 25.9 Å². The number of rotatable bonds is 8. The third-order valence-electron chi connectivity index (χ3n) is 4.05. The van der Waals surface area contributed by atoms with Crippen LogP contribution in [0.15, 0.2) is 46.1 Å². The second-order valence-electron chi connectivity index (χ2n) is 6.61. The summed E-state index contributed by atoms with van der Waals surface area (Å²) in [5.74, 6) is 0.0988. The molecule has 0 bridgehead atoms. The van der Waals surface area contributed by atoms with Crippen molar-refractivity contribution in [1.29, 1.82) is 0 Å². The standard InChI is InChI=1S/C19H19Cl2N5O3S2/c1-11(2)31(28,29)18-15(7-8-30-18)25-17-14(21)10-22-19(26-17)24-13-5-3-12(4-6-13)23-16(27)9-20/h3-8,10-11H,9H2,1-2H3,(H,23,27)(H2,22,24,25,26). The molecule has 3 N–H and O–H groups in total. The van der Waals surface area contributed by atoms with Gasteiger partial charge in [-0.25, -0.2) is 13.4 Å². The number of carbonyl (C=O) groups excluding carboxylic acids is 1. The average molecular weight is 500 g/mol. The van der Waals surface area contributed by atoms with Gasteiger partial charge in [-0.15, -0.1) is 22.9 Å². The minimum atomic E-state index is -3.45. The predicted octanol–water partition coefficient (Wildman–Crippen LogP) is 5.04. The molecule has 2 heterocycles. The zero-order chi connectivity index (χ0) is 22.6. The van der Waals surface area contributed by atoms with E-state index in [1.807, 2.05) is 0 Å². The maximum absolute atomic E-state index is 12.6. The normalized spacial score (nSPS) is 11.4. The molecule has 0 aliphatic carbocycles. The molecule has 1 amide bonds. The van der Waals surface area contributed by atoms with Gasteiger partial charge in [0.25, 0.3) is 0 Å². The van der Waals surface area contributed by atoms with Gasteiger partial charge in [0.1, 0.15) is 15.1 Å². The highest BCUT2D eigenvalue weighted by Crippen LogP contribution is 2.34. The highest BCUT2D eigenvalue weighted by atomic mass is 35.5. The Balaban J connectivity index is 1.79. The third kappa shape index (κ3) is 5.65. The molecule has 0 unspecified atom stereocenters. The van der Waals surface area contributed by atoms with Crippen molar-refractivity contribution >= 4 is 79.1 Å². The van der Waals surface area contributed by atoms with Crippen molar-refractivity contribution in [3.05, 3.63) is 46.9 Å². The van der Waals surface area contributed by atoms with Crippen LogP contribution in [0.5, 0.6) is 0 Å². The molecule has 0 radical (unpaired) electrons. The Bertz CT molecular complexity index is 1180. The van der Waals surface area contributed by atoms with Crippen LogP contribution in [0, 0.1) is 0 Å². The minimum Gasteiger partial charge on any atom is -0.337 e. The fraction of sp³-hybridized carbons (Fsp3) is 0.211. The number of hydrogen-bond donors (Lipinski definition) is 3. The Labute approximate surface area is 193 Å². The number of nitrogens with zero attached hydrogens (tertiary/aromatic N) is 2. The lowest BCUT2D eigenvalue weighted by molar-refractivity contribution is -0.113.